The van der Waals surface area contributed by atoms with Crippen LogP contribution in [0, 0.1) is 0 Å². The fourth-order valence-electron chi connectivity index (χ4n) is 3.07. The third-order valence-electron chi connectivity index (χ3n) is 4.50. The molecule has 0 atom stereocenters. The molecule has 2 rings (SSSR count). The zero-order valence-corrected chi connectivity index (χ0v) is 17.9. The van der Waals surface area contributed by atoms with Gasteiger partial charge >= 0.3 is 0 Å². The zero-order valence-electron chi connectivity index (χ0n) is 17.9. The molecule has 0 aliphatic heterocycles. The van der Waals surface area contributed by atoms with Crippen LogP contribution in [0.25, 0.3) is 6.08 Å². The summed E-state index contributed by atoms with van der Waals surface area (Å²) >= 11 is 0. The molecule has 156 valence electrons. The molecule has 0 aliphatic rings. The molecule has 1 heterocycles. The van der Waals surface area contributed by atoms with E-state index in [0.717, 1.165) is 12.1 Å². The molecular weight excluding hydrogens is 366 g/mol. The summed E-state index contributed by atoms with van der Waals surface area (Å²) in [6.07, 6.45) is 6.60. The molecule has 0 bridgehead atoms. The van der Waals surface area contributed by atoms with Gasteiger partial charge in [-0.2, -0.15) is 0 Å². The fourth-order valence-corrected chi connectivity index (χ4v) is 3.07. The number of aromatic nitrogens is 1. The average Bonchev–Trinajstić information content (AvgIpc) is 2.70. The van der Waals surface area contributed by atoms with E-state index in [2.05, 4.69) is 42.9 Å². The Morgan fingerprint density at radius 1 is 1.10 bits per heavy atom. The predicted molar refractivity (Wildman–Crippen MR) is 117 cm³/mol. The van der Waals surface area contributed by atoms with E-state index in [1.165, 1.54) is 6.08 Å². The molecule has 6 nitrogen and oxygen atoms in total. The number of nitrogens with zero attached hydrogens (tertiary/aromatic N) is 2. The molecule has 1 aromatic heterocycles. The van der Waals surface area contributed by atoms with Crippen LogP contribution in [0.1, 0.15) is 33.3 Å². The highest BCUT2D eigenvalue weighted by molar-refractivity contribution is 6.02. The van der Waals surface area contributed by atoms with Crippen LogP contribution < -0.4 is 14.8 Å². The van der Waals surface area contributed by atoms with E-state index in [0.29, 0.717) is 35.9 Å². The lowest BCUT2D eigenvalue weighted by molar-refractivity contribution is -0.111. The minimum atomic E-state index is -0.219. The molecule has 1 N–H and O–H groups in total. The number of carbonyl (C=O) groups is 1. The second-order valence-electron chi connectivity index (χ2n) is 7.24. The lowest BCUT2D eigenvalue weighted by atomic mass is 10.2. The first-order valence-electron chi connectivity index (χ1n) is 9.86. The first-order chi connectivity index (χ1) is 13.9. The SMILES string of the molecule is COc1ccc(NC(=O)/C=C/c2ccncc2)cc1OCCN(C(C)C)C(C)C. The van der Waals surface area contributed by atoms with Gasteiger partial charge in [-0.25, -0.2) is 0 Å². The molecule has 0 saturated carbocycles. The number of rotatable bonds is 10. The molecular formula is C23H31N3O3. The van der Waals surface area contributed by atoms with Crippen molar-refractivity contribution in [3.63, 3.8) is 0 Å². The summed E-state index contributed by atoms with van der Waals surface area (Å²) in [4.78, 5) is 18.5. The van der Waals surface area contributed by atoms with Crippen molar-refractivity contribution < 1.29 is 14.3 Å². The largest absolute Gasteiger partial charge is 0.493 e. The van der Waals surface area contributed by atoms with Gasteiger partial charge in [0.05, 0.1) is 7.11 Å². The molecule has 2 aromatic rings. The van der Waals surface area contributed by atoms with Crippen LogP contribution in [-0.2, 0) is 4.79 Å². The van der Waals surface area contributed by atoms with Gasteiger partial charge in [-0.1, -0.05) is 0 Å². The number of ether oxygens (including phenoxy) is 2. The maximum absolute atomic E-state index is 12.2. The van der Waals surface area contributed by atoms with E-state index in [-0.39, 0.29) is 5.91 Å². The summed E-state index contributed by atoms with van der Waals surface area (Å²) in [5, 5.41) is 2.85. The van der Waals surface area contributed by atoms with Gasteiger partial charge in [0.25, 0.3) is 0 Å². The Morgan fingerprint density at radius 3 is 2.41 bits per heavy atom. The number of hydrogen-bond acceptors (Lipinski definition) is 5. The van der Waals surface area contributed by atoms with Crippen molar-refractivity contribution in [3.8, 4) is 11.5 Å². The number of pyridine rings is 1. The highest BCUT2D eigenvalue weighted by atomic mass is 16.5. The van der Waals surface area contributed by atoms with Crippen molar-refractivity contribution >= 4 is 17.7 Å². The van der Waals surface area contributed by atoms with Crippen LogP contribution in [0.2, 0.25) is 0 Å². The Hall–Kier alpha value is -2.86. The van der Waals surface area contributed by atoms with Crippen LogP contribution in [0.4, 0.5) is 5.69 Å². The minimum absolute atomic E-state index is 0.219. The molecule has 1 aromatic carbocycles. The Kier molecular flexibility index (Phi) is 8.68. The van der Waals surface area contributed by atoms with Gasteiger partial charge in [0.1, 0.15) is 6.61 Å². The minimum Gasteiger partial charge on any atom is -0.493 e. The van der Waals surface area contributed by atoms with Gasteiger partial charge in [-0.15, -0.1) is 0 Å². The van der Waals surface area contributed by atoms with Crippen LogP contribution in [0.15, 0.2) is 48.8 Å². The highest BCUT2D eigenvalue weighted by Crippen LogP contribution is 2.30. The number of methoxy groups -OCH3 is 1. The summed E-state index contributed by atoms with van der Waals surface area (Å²) in [5.41, 5.74) is 1.56. The van der Waals surface area contributed by atoms with E-state index in [1.54, 1.807) is 43.8 Å². The molecule has 29 heavy (non-hydrogen) atoms. The van der Waals surface area contributed by atoms with E-state index < -0.39 is 0 Å². The topological polar surface area (TPSA) is 63.7 Å². The normalized spacial score (nSPS) is 11.4. The van der Waals surface area contributed by atoms with Crippen molar-refractivity contribution in [2.45, 2.75) is 39.8 Å². The summed E-state index contributed by atoms with van der Waals surface area (Å²) in [6.45, 7) is 10.1. The predicted octanol–water partition coefficient (Wildman–Crippen LogP) is 4.24. The lowest BCUT2D eigenvalue weighted by Gasteiger charge is -2.30. The Bertz CT molecular complexity index is 796. The van der Waals surface area contributed by atoms with Crippen molar-refractivity contribution in [1.29, 1.82) is 0 Å². The fraction of sp³-hybridized carbons (Fsp3) is 0.391. The van der Waals surface area contributed by atoms with Crippen molar-refractivity contribution in [1.82, 2.24) is 9.88 Å². The van der Waals surface area contributed by atoms with Gasteiger partial charge in [-0.05, 0) is 63.6 Å². The van der Waals surface area contributed by atoms with E-state index in [4.69, 9.17) is 9.47 Å². The van der Waals surface area contributed by atoms with Crippen LogP contribution in [-0.4, -0.2) is 48.1 Å². The number of anilines is 1. The monoisotopic (exact) mass is 397 g/mol. The lowest BCUT2D eigenvalue weighted by Crippen LogP contribution is -2.39. The van der Waals surface area contributed by atoms with Crippen LogP contribution >= 0.6 is 0 Å². The maximum Gasteiger partial charge on any atom is 0.248 e. The number of carbonyl (C=O) groups excluding carboxylic acids is 1. The number of amides is 1. The van der Waals surface area contributed by atoms with Gasteiger partial charge in [0, 0.05) is 48.9 Å². The van der Waals surface area contributed by atoms with Gasteiger partial charge < -0.3 is 14.8 Å². The summed E-state index contributed by atoms with van der Waals surface area (Å²) in [5.74, 6) is 1.02. The number of benzene rings is 1. The Labute approximate surface area is 173 Å². The molecule has 0 radical (unpaired) electrons. The number of hydrogen-bond donors (Lipinski definition) is 1. The quantitative estimate of drug-likeness (QED) is 0.608. The Morgan fingerprint density at radius 2 is 1.79 bits per heavy atom. The van der Waals surface area contributed by atoms with E-state index >= 15 is 0 Å². The van der Waals surface area contributed by atoms with Crippen molar-refractivity contribution in [2.75, 3.05) is 25.6 Å². The van der Waals surface area contributed by atoms with Gasteiger partial charge in [-0.3, -0.25) is 14.7 Å². The molecule has 1 amide bonds. The first kappa shape index (κ1) is 22.4. The first-order valence-corrected chi connectivity index (χ1v) is 9.86. The second kappa shape index (κ2) is 11.2. The molecule has 0 aliphatic carbocycles. The third kappa shape index (κ3) is 7.23. The van der Waals surface area contributed by atoms with E-state index in [1.807, 2.05) is 12.1 Å². The van der Waals surface area contributed by atoms with Crippen LogP contribution in [0.3, 0.4) is 0 Å². The molecule has 0 saturated heterocycles. The maximum atomic E-state index is 12.2. The molecule has 0 unspecified atom stereocenters. The van der Waals surface area contributed by atoms with Gasteiger partial charge in [0.2, 0.25) is 5.91 Å². The Balaban J connectivity index is 2.00. The highest BCUT2D eigenvalue weighted by Gasteiger charge is 2.14. The molecule has 0 fully saturated rings. The van der Waals surface area contributed by atoms with Crippen LogP contribution in [0.5, 0.6) is 11.5 Å². The third-order valence-corrected chi connectivity index (χ3v) is 4.50. The van der Waals surface area contributed by atoms with Crippen molar-refractivity contribution in [3.05, 3.63) is 54.4 Å². The van der Waals surface area contributed by atoms with Crippen molar-refractivity contribution in [2.24, 2.45) is 0 Å². The van der Waals surface area contributed by atoms with E-state index in [9.17, 15) is 4.79 Å². The average molecular weight is 398 g/mol. The summed E-state index contributed by atoms with van der Waals surface area (Å²) in [7, 11) is 1.60. The smallest absolute Gasteiger partial charge is 0.248 e. The zero-order chi connectivity index (χ0) is 21.2. The second-order valence-corrected chi connectivity index (χ2v) is 7.24. The van der Waals surface area contributed by atoms with Gasteiger partial charge in [0.15, 0.2) is 11.5 Å². The summed E-state index contributed by atoms with van der Waals surface area (Å²) in [6, 6.07) is 9.92. The standard InChI is InChI=1S/C23H31N3O3/c1-17(2)26(18(3)4)14-15-29-22-16-20(7-8-21(22)28-5)25-23(27)9-6-19-10-12-24-13-11-19/h6-13,16-18H,14-15H2,1-5H3,(H,25,27)/b9-6+. The number of nitrogens with one attached hydrogen (secondary N) is 1. The molecule has 6 heteroatoms. The molecule has 0 spiro atoms. The summed E-state index contributed by atoms with van der Waals surface area (Å²) < 4.78 is 11.4.